The van der Waals surface area contributed by atoms with Crippen molar-refractivity contribution in [2.24, 2.45) is 5.92 Å². The summed E-state index contributed by atoms with van der Waals surface area (Å²) in [5, 5.41) is 1.92. The number of thiophene rings is 1. The SMILES string of the molecule is Cc1ccsc1C(=O)N1CCC([C@@H](Cc2ccc(F)cc2F)N(C)C(=O)c2cccnc2)CC1. The molecule has 1 aliphatic heterocycles. The van der Waals surface area contributed by atoms with Crippen LogP contribution in [-0.2, 0) is 6.42 Å². The molecule has 2 aromatic heterocycles. The van der Waals surface area contributed by atoms with Crippen LogP contribution in [0.3, 0.4) is 0 Å². The Labute approximate surface area is 202 Å². The number of likely N-dealkylation sites (tertiary alicyclic amines) is 1. The minimum atomic E-state index is -0.631. The van der Waals surface area contributed by atoms with Gasteiger partial charge in [-0.25, -0.2) is 8.78 Å². The van der Waals surface area contributed by atoms with Gasteiger partial charge in [-0.05, 0) is 72.9 Å². The lowest BCUT2D eigenvalue weighted by Gasteiger charge is -2.40. The highest BCUT2D eigenvalue weighted by Gasteiger charge is 2.34. The number of aryl methyl sites for hydroxylation is 1. The van der Waals surface area contributed by atoms with Crippen molar-refractivity contribution in [3.8, 4) is 0 Å². The second-order valence-electron chi connectivity index (χ2n) is 8.73. The third-order valence-corrected chi connectivity index (χ3v) is 7.60. The zero-order chi connectivity index (χ0) is 24.2. The lowest BCUT2D eigenvalue weighted by molar-refractivity contribution is 0.0523. The third-order valence-electron chi connectivity index (χ3n) is 6.60. The number of rotatable bonds is 6. The number of benzene rings is 1. The summed E-state index contributed by atoms with van der Waals surface area (Å²) in [4.78, 5) is 34.4. The van der Waals surface area contributed by atoms with E-state index in [0.29, 0.717) is 37.1 Å². The molecule has 4 rings (SSSR count). The topological polar surface area (TPSA) is 53.5 Å². The molecule has 2 amide bonds. The fourth-order valence-corrected chi connectivity index (χ4v) is 5.49. The summed E-state index contributed by atoms with van der Waals surface area (Å²) < 4.78 is 28.0. The van der Waals surface area contributed by atoms with E-state index in [9.17, 15) is 18.4 Å². The summed E-state index contributed by atoms with van der Waals surface area (Å²) in [5.41, 5.74) is 1.80. The first kappa shape index (κ1) is 24.0. The van der Waals surface area contributed by atoms with Gasteiger partial charge in [0, 0.05) is 44.6 Å². The van der Waals surface area contributed by atoms with E-state index < -0.39 is 11.6 Å². The third kappa shape index (κ3) is 5.17. The molecule has 3 aromatic rings. The van der Waals surface area contributed by atoms with Gasteiger partial charge in [0.25, 0.3) is 11.8 Å². The van der Waals surface area contributed by atoms with Crippen molar-refractivity contribution < 1.29 is 18.4 Å². The molecule has 8 heteroatoms. The minimum absolute atomic E-state index is 0.0341. The van der Waals surface area contributed by atoms with E-state index in [2.05, 4.69) is 4.98 Å². The van der Waals surface area contributed by atoms with Crippen molar-refractivity contribution in [3.05, 3.63) is 87.4 Å². The Balaban J connectivity index is 1.53. The molecular weight excluding hydrogens is 456 g/mol. The van der Waals surface area contributed by atoms with Crippen molar-refractivity contribution >= 4 is 23.2 Å². The Morgan fingerprint density at radius 2 is 1.97 bits per heavy atom. The molecule has 178 valence electrons. The number of pyridine rings is 1. The summed E-state index contributed by atoms with van der Waals surface area (Å²) >= 11 is 1.45. The lowest BCUT2D eigenvalue weighted by Crippen LogP contribution is -2.48. The van der Waals surface area contributed by atoms with Crippen LogP contribution >= 0.6 is 11.3 Å². The van der Waals surface area contributed by atoms with Crippen molar-refractivity contribution in [1.29, 1.82) is 0 Å². The summed E-state index contributed by atoms with van der Waals surface area (Å²) in [7, 11) is 1.72. The molecule has 1 atom stereocenters. The van der Waals surface area contributed by atoms with Crippen LogP contribution in [0.5, 0.6) is 0 Å². The number of amides is 2. The summed E-state index contributed by atoms with van der Waals surface area (Å²) in [5.74, 6) is -1.36. The molecule has 0 N–H and O–H groups in total. The van der Waals surface area contributed by atoms with Crippen molar-refractivity contribution in [3.63, 3.8) is 0 Å². The van der Waals surface area contributed by atoms with Crippen LogP contribution in [-0.4, -0.2) is 52.8 Å². The van der Waals surface area contributed by atoms with Crippen LogP contribution in [0, 0.1) is 24.5 Å². The lowest BCUT2D eigenvalue weighted by atomic mass is 9.84. The standard InChI is InChI=1S/C26H27F2N3O2S/c1-17-9-13-34-24(17)26(33)31-11-7-18(8-12-31)23(14-19-5-6-21(27)15-22(19)28)30(2)25(32)20-4-3-10-29-16-20/h3-6,9-10,13,15-16,18,23H,7-8,11-12,14H2,1-2H3/t23-/m1/s1. The highest BCUT2D eigenvalue weighted by Crippen LogP contribution is 2.29. The first-order valence-electron chi connectivity index (χ1n) is 11.3. The number of aromatic nitrogens is 1. The predicted octanol–water partition coefficient (Wildman–Crippen LogP) is 4.97. The molecule has 0 saturated carbocycles. The first-order chi connectivity index (χ1) is 16.3. The molecule has 1 aromatic carbocycles. The molecule has 0 aliphatic carbocycles. The number of piperidine rings is 1. The Morgan fingerprint density at radius 1 is 1.21 bits per heavy atom. The monoisotopic (exact) mass is 483 g/mol. The fraction of sp³-hybridized carbons (Fsp3) is 0.346. The molecule has 1 aliphatic rings. The molecule has 0 radical (unpaired) electrons. The molecule has 0 unspecified atom stereocenters. The highest BCUT2D eigenvalue weighted by molar-refractivity contribution is 7.12. The van der Waals surface area contributed by atoms with E-state index >= 15 is 0 Å². The number of halogens is 2. The van der Waals surface area contributed by atoms with Gasteiger partial charge in [0.05, 0.1) is 10.4 Å². The largest absolute Gasteiger partial charge is 0.338 e. The summed E-state index contributed by atoms with van der Waals surface area (Å²) in [6, 6.07) is 8.59. The van der Waals surface area contributed by atoms with Crippen LogP contribution in [0.2, 0.25) is 0 Å². The number of nitrogens with zero attached hydrogens (tertiary/aromatic N) is 3. The van der Waals surface area contributed by atoms with E-state index in [1.807, 2.05) is 23.3 Å². The smallest absolute Gasteiger partial charge is 0.264 e. The number of likely N-dealkylation sites (N-methyl/N-ethyl adjacent to an activating group) is 1. The molecular formula is C26H27F2N3O2S. The van der Waals surface area contributed by atoms with Gasteiger partial charge in [-0.15, -0.1) is 11.3 Å². The van der Waals surface area contributed by atoms with E-state index in [1.54, 1.807) is 30.3 Å². The van der Waals surface area contributed by atoms with Crippen LogP contribution in [0.4, 0.5) is 8.78 Å². The van der Waals surface area contributed by atoms with Crippen LogP contribution in [0.25, 0.3) is 0 Å². The summed E-state index contributed by atoms with van der Waals surface area (Å²) in [6.45, 7) is 3.07. The second-order valence-corrected chi connectivity index (χ2v) is 9.64. The van der Waals surface area contributed by atoms with Gasteiger partial charge in [0.1, 0.15) is 11.6 Å². The van der Waals surface area contributed by atoms with Gasteiger partial charge in [0.15, 0.2) is 0 Å². The second kappa shape index (κ2) is 10.4. The quantitative estimate of drug-likeness (QED) is 0.498. The van der Waals surface area contributed by atoms with Gasteiger partial charge in [-0.2, -0.15) is 0 Å². The Bertz CT molecular complexity index is 1160. The van der Waals surface area contributed by atoms with Crippen molar-refractivity contribution in [2.45, 2.75) is 32.2 Å². The number of hydrogen-bond acceptors (Lipinski definition) is 4. The maximum atomic E-state index is 14.5. The number of carbonyl (C=O) groups is 2. The maximum absolute atomic E-state index is 14.5. The fourth-order valence-electron chi connectivity index (χ4n) is 4.60. The van der Waals surface area contributed by atoms with E-state index in [4.69, 9.17) is 0 Å². The van der Waals surface area contributed by atoms with E-state index in [1.165, 1.54) is 29.7 Å². The van der Waals surface area contributed by atoms with Crippen LogP contribution < -0.4 is 0 Å². The molecule has 3 heterocycles. The number of carbonyl (C=O) groups excluding carboxylic acids is 2. The minimum Gasteiger partial charge on any atom is -0.338 e. The van der Waals surface area contributed by atoms with Gasteiger partial charge in [-0.1, -0.05) is 6.07 Å². The molecule has 34 heavy (non-hydrogen) atoms. The van der Waals surface area contributed by atoms with Crippen LogP contribution in [0.1, 0.15) is 44.0 Å². The van der Waals surface area contributed by atoms with E-state index in [0.717, 1.165) is 16.5 Å². The molecule has 1 fully saturated rings. The number of hydrogen-bond donors (Lipinski definition) is 0. The predicted molar refractivity (Wildman–Crippen MR) is 128 cm³/mol. The Hall–Kier alpha value is -3.13. The Morgan fingerprint density at radius 3 is 2.59 bits per heavy atom. The molecule has 1 saturated heterocycles. The average Bonchev–Trinajstić information content (AvgIpc) is 3.28. The van der Waals surface area contributed by atoms with Crippen molar-refractivity contribution in [2.75, 3.05) is 20.1 Å². The molecule has 0 spiro atoms. The Kier molecular flexibility index (Phi) is 7.36. The zero-order valence-electron chi connectivity index (χ0n) is 19.2. The van der Waals surface area contributed by atoms with Crippen LogP contribution in [0.15, 0.2) is 54.2 Å². The van der Waals surface area contributed by atoms with Gasteiger partial charge in [0.2, 0.25) is 0 Å². The van der Waals surface area contributed by atoms with Gasteiger partial charge < -0.3 is 9.80 Å². The maximum Gasteiger partial charge on any atom is 0.264 e. The normalized spacial score (nSPS) is 15.2. The molecule has 5 nitrogen and oxygen atoms in total. The molecule has 0 bridgehead atoms. The van der Waals surface area contributed by atoms with E-state index in [-0.39, 0.29) is 30.2 Å². The zero-order valence-corrected chi connectivity index (χ0v) is 20.0. The van der Waals surface area contributed by atoms with Crippen molar-refractivity contribution in [1.82, 2.24) is 14.8 Å². The average molecular weight is 484 g/mol. The highest BCUT2D eigenvalue weighted by atomic mass is 32.1. The van der Waals surface area contributed by atoms with Gasteiger partial charge >= 0.3 is 0 Å². The summed E-state index contributed by atoms with van der Waals surface area (Å²) in [6.07, 6.45) is 4.75. The van der Waals surface area contributed by atoms with Gasteiger partial charge in [-0.3, -0.25) is 14.6 Å². The first-order valence-corrected chi connectivity index (χ1v) is 12.2.